The minimum atomic E-state index is -0.102. The summed E-state index contributed by atoms with van der Waals surface area (Å²) >= 11 is 0. The van der Waals surface area contributed by atoms with Crippen LogP contribution in [-0.2, 0) is 4.79 Å². The van der Waals surface area contributed by atoms with Gasteiger partial charge in [0.2, 0.25) is 0 Å². The molecule has 1 N–H and O–H groups in total. The maximum Gasteiger partial charge on any atom is 0.153 e. The summed E-state index contributed by atoms with van der Waals surface area (Å²) in [6, 6.07) is 0. The third-order valence-electron chi connectivity index (χ3n) is 0.996. The van der Waals surface area contributed by atoms with Crippen LogP contribution in [0.2, 0.25) is 0 Å². The Morgan fingerprint density at radius 1 is 1.18 bits per heavy atom. The second-order valence-corrected chi connectivity index (χ2v) is 1.76. The normalized spacial score (nSPS) is 12.4. The van der Waals surface area contributed by atoms with Gasteiger partial charge >= 0.3 is 0 Å². The van der Waals surface area contributed by atoms with Crippen molar-refractivity contribution in [1.29, 1.82) is 0 Å². The van der Waals surface area contributed by atoms with Crippen molar-refractivity contribution in [3.05, 3.63) is 48.8 Å². The van der Waals surface area contributed by atoms with E-state index in [1.165, 1.54) is 24.3 Å². The zero-order valence-electron chi connectivity index (χ0n) is 6.16. The number of carbonyl (C=O) groups excluding carboxylic acids is 1. The molecule has 0 heterocycles. The first-order chi connectivity index (χ1) is 5.26. The fourth-order valence-corrected chi connectivity index (χ4v) is 0.520. The summed E-state index contributed by atoms with van der Waals surface area (Å²) in [5.41, 5.74) is 0.194. The number of aldehydes is 1. The molecule has 0 spiro atoms. The van der Waals surface area contributed by atoms with Crippen LogP contribution < -0.4 is 0 Å². The molecule has 0 radical (unpaired) electrons. The highest BCUT2D eigenvalue weighted by Crippen LogP contribution is 2.02. The first-order valence-corrected chi connectivity index (χ1v) is 3.06. The van der Waals surface area contributed by atoms with Gasteiger partial charge in [0.05, 0.1) is 5.57 Å². The monoisotopic (exact) mass is 150 g/mol. The Morgan fingerprint density at radius 2 is 1.73 bits per heavy atom. The maximum absolute atomic E-state index is 10.3. The molecule has 0 aliphatic carbocycles. The van der Waals surface area contributed by atoms with Crippen LogP contribution in [0.5, 0.6) is 0 Å². The molecule has 0 amide bonds. The fraction of sp³-hybridized carbons (Fsp3) is 0. The number of carbonyl (C=O) groups is 1. The van der Waals surface area contributed by atoms with Gasteiger partial charge in [0.15, 0.2) is 6.29 Å². The summed E-state index contributed by atoms with van der Waals surface area (Å²) < 4.78 is 0. The standard InChI is InChI=1S/C9H10O2/c1-3-5-8(7-10)9(11)6-4-2/h3-7,11H,1-2H2/b8-5-,9-6+. The molecule has 0 aliphatic heterocycles. The molecule has 2 heteroatoms. The van der Waals surface area contributed by atoms with E-state index in [0.717, 1.165) is 0 Å². The molecule has 0 bridgehead atoms. The molecule has 0 fully saturated rings. The molecule has 2 nitrogen and oxygen atoms in total. The third-order valence-corrected chi connectivity index (χ3v) is 0.996. The highest BCUT2D eigenvalue weighted by atomic mass is 16.3. The summed E-state index contributed by atoms with van der Waals surface area (Å²) in [6.07, 6.45) is 6.13. The van der Waals surface area contributed by atoms with E-state index in [-0.39, 0.29) is 11.3 Å². The zero-order valence-corrected chi connectivity index (χ0v) is 6.16. The van der Waals surface area contributed by atoms with Crippen molar-refractivity contribution in [3.63, 3.8) is 0 Å². The first-order valence-electron chi connectivity index (χ1n) is 3.06. The predicted molar refractivity (Wildman–Crippen MR) is 45.3 cm³/mol. The molecular formula is C9H10O2. The molecule has 0 aromatic heterocycles. The molecule has 0 rings (SSSR count). The maximum atomic E-state index is 10.3. The van der Waals surface area contributed by atoms with E-state index in [2.05, 4.69) is 13.2 Å². The lowest BCUT2D eigenvalue weighted by Crippen LogP contribution is -1.88. The summed E-state index contributed by atoms with van der Waals surface area (Å²) in [5.74, 6) is -0.102. The SMILES string of the molecule is C=C/C=C(O)\C(C=O)=C/C=C. The first kappa shape index (κ1) is 9.43. The Labute approximate surface area is 65.9 Å². The zero-order chi connectivity index (χ0) is 8.69. The van der Waals surface area contributed by atoms with Crippen molar-refractivity contribution in [2.24, 2.45) is 0 Å². The quantitative estimate of drug-likeness (QED) is 0.288. The van der Waals surface area contributed by atoms with Gasteiger partial charge in [0, 0.05) is 0 Å². The molecule has 0 unspecified atom stereocenters. The van der Waals surface area contributed by atoms with Crippen LogP contribution in [0.15, 0.2) is 48.8 Å². The van der Waals surface area contributed by atoms with E-state index in [1.807, 2.05) is 0 Å². The van der Waals surface area contributed by atoms with Crippen molar-refractivity contribution < 1.29 is 9.90 Å². The number of aliphatic hydroxyl groups is 1. The van der Waals surface area contributed by atoms with Crippen LogP contribution in [0.1, 0.15) is 0 Å². The molecule has 0 aromatic rings. The van der Waals surface area contributed by atoms with Crippen LogP contribution in [-0.4, -0.2) is 11.4 Å². The van der Waals surface area contributed by atoms with Crippen molar-refractivity contribution in [1.82, 2.24) is 0 Å². The number of allylic oxidation sites excluding steroid dienone is 5. The molecule has 0 saturated carbocycles. The second kappa shape index (κ2) is 5.23. The van der Waals surface area contributed by atoms with E-state index in [9.17, 15) is 4.79 Å². The van der Waals surface area contributed by atoms with Crippen molar-refractivity contribution in [2.45, 2.75) is 0 Å². The molecule has 0 atom stereocenters. The van der Waals surface area contributed by atoms with E-state index >= 15 is 0 Å². The summed E-state index contributed by atoms with van der Waals surface area (Å²) in [6.45, 7) is 6.76. The van der Waals surface area contributed by atoms with Crippen molar-refractivity contribution in [3.8, 4) is 0 Å². The largest absolute Gasteiger partial charge is 0.507 e. The smallest absolute Gasteiger partial charge is 0.153 e. The average Bonchev–Trinajstić information content (AvgIpc) is 2.00. The summed E-state index contributed by atoms with van der Waals surface area (Å²) in [7, 11) is 0. The van der Waals surface area contributed by atoms with Crippen LogP contribution in [0, 0.1) is 0 Å². The minimum Gasteiger partial charge on any atom is -0.507 e. The Hall–Kier alpha value is -1.57. The van der Waals surface area contributed by atoms with Gasteiger partial charge in [-0.05, 0) is 12.2 Å². The molecule has 0 saturated heterocycles. The van der Waals surface area contributed by atoms with E-state index in [1.54, 1.807) is 0 Å². The lowest BCUT2D eigenvalue weighted by Gasteiger charge is -1.93. The van der Waals surface area contributed by atoms with Gasteiger partial charge in [-0.1, -0.05) is 25.3 Å². The topological polar surface area (TPSA) is 37.3 Å². The van der Waals surface area contributed by atoms with E-state index in [0.29, 0.717) is 6.29 Å². The number of hydrogen-bond acceptors (Lipinski definition) is 2. The molecule has 58 valence electrons. The Balaban J connectivity index is 4.63. The van der Waals surface area contributed by atoms with Gasteiger partial charge in [-0.3, -0.25) is 4.79 Å². The number of aliphatic hydroxyl groups excluding tert-OH is 1. The summed E-state index contributed by atoms with van der Waals surface area (Å²) in [5, 5.41) is 9.08. The average molecular weight is 150 g/mol. The van der Waals surface area contributed by atoms with Gasteiger partial charge in [0.1, 0.15) is 5.76 Å². The van der Waals surface area contributed by atoms with Gasteiger partial charge in [-0.2, -0.15) is 0 Å². The van der Waals surface area contributed by atoms with Crippen LogP contribution >= 0.6 is 0 Å². The van der Waals surface area contributed by atoms with Gasteiger partial charge < -0.3 is 5.11 Å². The van der Waals surface area contributed by atoms with Gasteiger partial charge in [0.25, 0.3) is 0 Å². The summed E-state index contributed by atoms with van der Waals surface area (Å²) in [4.78, 5) is 10.3. The predicted octanol–water partition coefficient (Wildman–Crippen LogP) is 1.93. The van der Waals surface area contributed by atoms with Crippen LogP contribution in [0.4, 0.5) is 0 Å². The lowest BCUT2D eigenvalue weighted by atomic mass is 10.2. The number of rotatable bonds is 4. The fourth-order valence-electron chi connectivity index (χ4n) is 0.520. The van der Waals surface area contributed by atoms with E-state index in [4.69, 9.17) is 5.11 Å². The van der Waals surface area contributed by atoms with Crippen molar-refractivity contribution in [2.75, 3.05) is 0 Å². The third kappa shape index (κ3) is 3.20. The van der Waals surface area contributed by atoms with E-state index < -0.39 is 0 Å². The molecule has 0 aliphatic rings. The Bertz CT molecular complexity index is 222. The van der Waals surface area contributed by atoms with Crippen LogP contribution in [0.3, 0.4) is 0 Å². The molecular weight excluding hydrogens is 140 g/mol. The molecule has 11 heavy (non-hydrogen) atoms. The van der Waals surface area contributed by atoms with Gasteiger partial charge in [-0.15, -0.1) is 0 Å². The van der Waals surface area contributed by atoms with Crippen molar-refractivity contribution >= 4 is 6.29 Å². The minimum absolute atomic E-state index is 0.102. The Morgan fingerprint density at radius 3 is 2.09 bits per heavy atom. The lowest BCUT2D eigenvalue weighted by molar-refractivity contribution is -0.104. The van der Waals surface area contributed by atoms with Gasteiger partial charge in [-0.25, -0.2) is 0 Å². The Kier molecular flexibility index (Phi) is 4.49. The van der Waals surface area contributed by atoms with Crippen LogP contribution in [0.25, 0.3) is 0 Å². The highest BCUT2D eigenvalue weighted by Gasteiger charge is 1.96. The highest BCUT2D eigenvalue weighted by molar-refractivity contribution is 5.79. The molecule has 0 aromatic carbocycles. The number of hydrogen-bond donors (Lipinski definition) is 1. The second-order valence-electron chi connectivity index (χ2n) is 1.76.